The zero-order chi connectivity index (χ0) is 10.4. The highest BCUT2D eigenvalue weighted by atomic mass is 32.2. The maximum absolute atomic E-state index is 4.21. The summed E-state index contributed by atoms with van der Waals surface area (Å²) in [4.78, 5) is 8.28. The van der Waals surface area contributed by atoms with Crippen LogP contribution in [0, 0.1) is 5.92 Å². The van der Waals surface area contributed by atoms with Crippen LogP contribution in [0.15, 0.2) is 17.4 Å². The van der Waals surface area contributed by atoms with Gasteiger partial charge in [-0.2, -0.15) is 0 Å². The molecule has 0 spiro atoms. The Morgan fingerprint density at radius 3 is 2.93 bits per heavy atom. The van der Waals surface area contributed by atoms with Crippen molar-refractivity contribution in [3.63, 3.8) is 0 Å². The monoisotopic (exact) mass is 211 g/mol. The third kappa shape index (κ3) is 3.54. The average Bonchev–Trinajstić information content (AvgIpc) is 2.26. The summed E-state index contributed by atoms with van der Waals surface area (Å²) in [5, 5.41) is 4.05. The van der Waals surface area contributed by atoms with Gasteiger partial charge in [-0.1, -0.05) is 20.3 Å². The molecule has 0 amide bonds. The summed E-state index contributed by atoms with van der Waals surface area (Å²) < 4.78 is 0. The Bertz CT molecular complexity index is 278. The van der Waals surface area contributed by atoms with Crippen molar-refractivity contribution < 1.29 is 0 Å². The third-order valence-electron chi connectivity index (χ3n) is 2.11. The van der Waals surface area contributed by atoms with Gasteiger partial charge < -0.3 is 5.32 Å². The van der Waals surface area contributed by atoms with Crippen LogP contribution >= 0.6 is 11.8 Å². The van der Waals surface area contributed by atoms with Gasteiger partial charge in [0, 0.05) is 18.9 Å². The summed E-state index contributed by atoms with van der Waals surface area (Å²) in [6, 6.07) is 1.98. The van der Waals surface area contributed by atoms with Crippen LogP contribution in [-0.4, -0.2) is 22.8 Å². The van der Waals surface area contributed by atoms with E-state index in [0.29, 0.717) is 0 Å². The summed E-state index contributed by atoms with van der Waals surface area (Å²) in [6.45, 7) is 4.47. The molecule has 1 rings (SSSR count). The first-order valence-electron chi connectivity index (χ1n) is 4.88. The molecule has 14 heavy (non-hydrogen) atoms. The molecule has 0 saturated carbocycles. The molecular formula is C10H17N3S. The van der Waals surface area contributed by atoms with E-state index in [1.54, 1.807) is 18.1 Å². The lowest BCUT2D eigenvalue weighted by Gasteiger charge is -2.07. The number of nitrogens with one attached hydrogen (secondary N) is 1. The fourth-order valence-electron chi connectivity index (χ4n) is 0.901. The van der Waals surface area contributed by atoms with Crippen molar-refractivity contribution in [3.8, 4) is 0 Å². The van der Waals surface area contributed by atoms with Crippen molar-refractivity contribution >= 4 is 17.6 Å². The molecule has 0 saturated heterocycles. The van der Waals surface area contributed by atoms with Crippen molar-refractivity contribution in [2.24, 2.45) is 5.92 Å². The Hall–Kier alpha value is -0.770. The van der Waals surface area contributed by atoms with Gasteiger partial charge in [0.1, 0.15) is 17.2 Å². The van der Waals surface area contributed by atoms with E-state index in [2.05, 4.69) is 29.1 Å². The molecule has 1 unspecified atom stereocenters. The van der Waals surface area contributed by atoms with E-state index in [1.807, 2.05) is 13.1 Å². The molecule has 0 bridgehead atoms. The van der Waals surface area contributed by atoms with Gasteiger partial charge >= 0.3 is 0 Å². The van der Waals surface area contributed by atoms with Crippen LogP contribution < -0.4 is 5.32 Å². The Morgan fingerprint density at radius 2 is 2.29 bits per heavy atom. The number of hydrogen-bond donors (Lipinski definition) is 1. The normalized spacial score (nSPS) is 12.5. The maximum atomic E-state index is 4.21. The van der Waals surface area contributed by atoms with Gasteiger partial charge in [0.15, 0.2) is 0 Å². The molecule has 0 aliphatic heterocycles. The topological polar surface area (TPSA) is 37.8 Å². The highest BCUT2D eigenvalue weighted by molar-refractivity contribution is 7.99. The molecule has 1 N–H and O–H groups in total. The molecule has 78 valence electrons. The van der Waals surface area contributed by atoms with Gasteiger partial charge in [-0.15, -0.1) is 11.8 Å². The number of thioether (sulfide) groups is 1. The van der Waals surface area contributed by atoms with E-state index in [1.165, 1.54) is 6.42 Å². The van der Waals surface area contributed by atoms with Crippen LogP contribution in [-0.2, 0) is 0 Å². The molecule has 1 aromatic rings. The van der Waals surface area contributed by atoms with E-state index in [-0.39, 0.29) is 0 Å². The fraction of sp³-hybridized carbons (Fsp3) is 0.600. The zero-order valence-corrected chi connectivity index (χ0v) is 9.77. The Morgan fingerprint density at radius 1 is 1.50 bits per heavy atom. The van der Waals surface area contributed by atoms with Crippen LogP contribution in [0.25, 0.3) is 0 Å². The smallest absolute Gasteiger partial charge is 0.130 e. The first-order chi connectivity index (χ1) is 6.76. The number of rotatable bonds is 5. The summed E-state index contributed by atoms with van der Waals surface area (Å²) in [6.07, 6.45) is 2.82. The first-order valence-corrected chi connectivity index (χ1v) is 5.87. The Kier molecular flexibility index (Phi) is 4.73. The van der Waals surface area contributed by atoms with Crippen molar-refractivity contribution in [2.75, 3.05) is 18.1 Å². The van der Waals surface area contributed by atoms with Crippen molar-refractivity contribution in [1.82, 2.24) is 9.97 Å². The standard InChI is InChI=1S/C10H17N3S/c1-4-8(2)6-14-10-5-9(11-3)12-7-13-10/h5,7-8H,4,6H2,1-3H3,(H,11,12,13). The summed E-state index contributed by atoms with van der Waals surface area (Å²) in [5.41, 5.74) is 0. The Labute approximate surface area is 89.7 Å². The second-order valence-electron chi connectivity index (χ2n) is 3.32. The lowest BCUT2D eigenvalue weighted by molar-refractivity contribution is 0.636. The lowest BCUT2D eigenvalue weighted by Crippen LogP contribution is -1.97. The summed E-state index contributed by atoms with van der Waals surface area (Å²) in [7, 11) is 1.87. The Balaban J connectivity index is 2.50. The molecule has 4 heteroatoms. The minimum Gasteiger partial charge on any atom is -0.373 e. The van der Waals surface area contributed by atoms with Gasteiger partial charge in [-0.25, -0.2) is 9.97 Å². The first kappa shape index (κ1) is 11.3. The molecular weight excluding hydrogens is 194 g/mol. The number of nitrogens with zero attached hydrogens (tertiary/aromatic N) is 2. The third-order valence-corrected chi connectivity index (χ3v) is 3.37. The van der Waals surface area contributed by atoms with E-state index in [4.69, 9.17) is 0 Å². The second-order valence-corrected chi connectivity index (χ2v) is 4.36. The van der Waals surface area contributed by atoms with Crippen LogP contribution in [0.3, 0.4) is 0 Å². The molecule has 1 atom stereocenters. The quantitative estimate of drug-likeness (QED) is 0.600. The summed E-state index contributed by atoms with van der Waals surface area (Å²) in [5.74, 6) is 2.75. The molecule has 1 heterocycles. The summed E-state index contributed by atoms with van der Waals surface area (Å²) >= 11 is 1.79. The molecule has 0 aromatic carbocycles. The van der Waals surface area contributed by atoms with Gasteiger partial charge in [0.2, 0.25) is 0 Å². The van der Waals surface area contributed by atoms with E-state index in [0.717, 1.165) is 22.5 Å². The fourth-order valence-corrected chi connectivity index (χ4v) is 1.91. The minimum atomic E-state index is 0.744. The molecule has 0 fully saturated rings. The number of aromatic nitrogens is 2. The average molecular weight is 211 g/mol. The molecule has 3 nitrogen and oxygen atoms in total. The van der Waals surface area contributed by atoms with Gasteiger partial charge in [-0.3, -0.25) is 0 Å². The number of hydrogen-bond acceptors (Lipinski definition) is 4. The van der Waals surface area contributed by atoms with Gasteiger partial charge in [0.05, 0.1) is 0 Å². The highest BCUT2D eigenvalue weighted by Gasteiger charge is 2.02. The van der Waals surface area contributed by atoms with Crippen LogP contribution in [0.4, 0.5) is 5.82 Å². The maximum Gasteiger partial charge on any atom is 0.130 e. The molecule has 1 aromatic heterocycles. The second kappa shape index (κ2) is 5.86. The lowest BCUT2D eigenvalue weighted by atomic mass is 10.2. The highest BCUT2D eigenvalue weighted by Crippen LogP contribution is 2.20. The zero-order valence-electron chi connectivity index (χ0n) is 8.95. The van der Waals surface area contributed by atoms with Gasteiger partial charge in [0.25, 0.3) is 0 Å². The van der Waals surface area contributed by atoms with E-state index in [9.17, 15) is 0 Å². The van der Waals surface area contributed by atoms with Crippen molar-refractivity contribution in [1.29, 1.82) is 0 Å². The molecule has 0 aliphatic rings. The van der Waals surface area contributed by atoms with Crippen molar-refractivity contribution in [3.05, 3.63) is 12.4 Å². The van der Waals surface area contributed by atoms with Crippen LogP contribution in [0.5, 0.6) is 0 Å². The van der Waals surface area contributed by atoms with E-state index >= 15 is 0 Å². The minimum absolute atomic E-state index is 0.744. The molecule has 0 aliphatic carbocycles. The predicted octanol–water partition coefficient (Wildman–Crippen LogP) is 2.66. The molecule has 0 radical (unpaired) electrons. The predicted molar refractivity (Wildman–Crippen MR) is 61.8 cm³/mol. The van der Waals surface area contributed by atoms with Crippen LogP contribution in [0.2, 0.25) is 0 Å². The van der Waals surface area contributed by atoms with Gasteiger partial charge in [-0.05, 0) is 5.92 Å². The SMILES string of the molecule is CCC(C)CSc1cc(NC)ncn1. The van der Waals surface area contributed by atoms with Crippen LogP contribution in [0.1, 0.15) is 20.3 Å². The largest absolute Gasteiger partial charge is 0.373 e. The van der Waals surface area contributed by atoms with E-state index < -0.39 is 0 Å². The number of anilines is 1. The van der Waals surface area contributed by atoms with Crippen molar-refractivity contribution in [2.45, 2.75) is 25.3 Å².